The van der Waals surface area contributed by atoms with Gasteiger partial charge in [0.15, 0.2) is 5.78 Å². The number of carbonyl (C=O) groups excluding carboxylic acids is 2. The highest BCUT2D eigenvalue weighted by Gasteiger charge is 2.41. The second-order valence-corrected chi connectivity index (χ2v) is 7.11. The van der Waals surface area contributed by atoms with E-state index < -0.39 is 0 Å². The number of nitrogens with one attached hydrogen (secondary N) is 1. The predicted octanol–water partition coefficient (Wildman–Crippen LogP) is 3.33. The Morgan fingerprint density at radius 1 is 1.22 bits per heavy atom. The molecule has 0 unspecified atom stereocenters. The largest absolute Gasteiger partial charge is 0.494 e. The van der Waals surface area contributed by atoms with Gasteiger partial charge in [0.2, 0.25) is 5.91 Å². The van der Waals surface area contributed by atoms with Crippen LogP contribution in [-0.2, 0) is 9.59 Å². The van der Waals surface area contributed by atoms with Gasteiger partial charge in [0.1, 0.15) is 5.75 Å². The Hall–Kier alpha value is -2.10. The minimum Gasteiger partial charge on any atom is -0.494 e. The summed E-state index contributed by atoms with van der Waals surface area (Å²) in [5.74, 6) is 0.683. The number of benzene rings is 1. The molecule has 4 nitrogen and oxygen atoms in total. The third kappa shape index (κ3) is 3.03. The van der Waals surface area contributed by atoms with Crippen molar-refractivity contribution in [2.45, 2.75) is 46.0 Å². The molecule has 0 bridgehead atoms. The summed E-state index contributed by atoms with van der Waals surface area (Å²) in [6.07, 6.45) is 1.55. The lowest BCUT2D eigenvalue weighted by molar-refractivity contribution is -0.122. The molecule has 0 aromatic heterocycles. The first kappa shape index (κ1) is 15.8. The molecule has 0 saturated carbocycles. The number of ketones is 1. The number of carbonyl (C=O) groups is 2. The molecule has 23 heavy (non-hydrogen) atoms. The molecular weight excluding hydrogens is 290 g/mol. The summed E-state index contributed by atoms with van der Waals surface area (Å²) in [4.78, 5) is 24.9. The Labute approximate surface area is 136 Å². The molecule has 0 radical (unpaired) electrons. The fraction of sp³-hybridized carbons (Fsp3) is 0.474. The van der Waals surface area contributed by atoms with E-state index in [1.165, 1.54) is 0 Å². The third-order valence-electron chi connectivity index (χ3n) is 4.54. The number of para-hydroxylation sites is 1. The Balaban J connectivity index is 2.09. The van der Waals surface area contributed by atoms with E-state index >= 15 is 0 Å². The summed E-state index contributed by atoms with van der Waals surface area (Å²) >= 11 is 0. The van der Waals surface area contributed by atoms with Crippen molar-refractivity contribution in [2.75, 3.05) is 6.61 Å². The van der Waals surface area contributed by atoms with E-state index in [9.17, 15) is 9.59 Å². The van der Waals surface area contributed by atoms with E-state index in [0.717, 1.165) is 29.0 Å². The van der Waals surface area contributed by atoms with Crippen LogP contribution in [0.25, 0.3) is 0 Å². The van der Waals surface area contributed by atoms with E-state index in [2.05, 4.69) is 19.2 Å². The molecule has 0 fully saturated rings. The number of ether oxygens (including phenoxy) is 1. The Morgan fingerprint density at radius 2 is 1.96 bits per heavy atom. The maximum Gasteiger partial charge on any atom is 0.225 e. The summed E-state index contributed by atoms with van der Waals surface area (Å²) < 4.78 is 5.72. The highest BCUT2D eigenvalue weighted by molar-refractivity contribution is 6.02. The fourth-order valence-electron chi connectivity index (χ4n) is 3.68. The molecule has 2 aliphatic rings. The van der Waals surface area contributed by atoms with Crippen molar-refractivity contribution in [3.05, 3.63) is 41.1 Å². The van der Waals surface area contributed by atoms with Crippen LogP contribution in [-0.4, -0.2) is 18.3 Å². The quantitative estimate of drug-likeness (QED) is 0.931. The van der Waals surface area contributed by atoms with Gasteiger partial charge in [0.25, 0.3) is 0 Å². The van der Waals surface area contributed by atoms with Gasteiger partial charge in [-0.2, -0.15) is 0 Å². The van der Waals surface area contributed by atoms with Gasteiger partial charge in [-0.3, -0.25) is 9.59 Å². The Bertz CT molecular complexity index is 688. The van der Waals surface area contributed by atoms with Crippen molar-refractivity contribution in [1.82, 2.24) is 5.32 Å². The van der Waals surface area contributed by atoms with Crippen molar-refractivity contribution in [2.24, 2.45) is 5.41 Å². The highest BCUT2D eigenvalue weighted by atomic mass is 16.5. The number of hydrogen-bond donors (Lipinski definition) is 1. The molecule has 1 amide bonds. The average Bonchev–Trinajstić information content (AvgIpc) is 2.45. The number of Topliss-reactive ketones (excluding diaryl/α,β-unsaturated/α-hetero) is 1. The second kappa shape index (κ2) is 5.84. The van der Waals surface area contributed by atoms with Gasteiger partial charge in [-0.25, -0.2) is 0 Å². The van der Waals surface area contributed by atoms with Crippen LogP contribution in [0.3, 0.4) is 0 Å². The summed E-state index contributed by atoms with van der Waals surface area (Å²) in [5.41, 5.74) is 2.41. The maximum atomic E-state index is 12.8. The molecule has 3 rings (SSSR count). The average molecular weight is 313 g/mol. The first-order valence-corrected chi connectivity index (χ1v) is 8.19. The van der Waals surface area contributed by atoms with Gasteiger partial charge >= 0.3 is 0 Å². The topological polar surface area (TPSA) is 55.4 Å². The van der Waals surface area contributed by atoms with Crippen LogP contribution in [0.5, 0.6) is 5.75 Å². The minimum absolute atomic E-state index is 0.0226. The van der Waals surface area contributed by atoms with Crippen molar-refractivity contribution in [3.63, 3.8) is 0 Å². The van der Waals surface area contributed by atoms with E-state index in [4.69, 9.17) is 4.74 Å². The molecule has 0 saturated heterocycles. The molecule has 4 heteroatoms. The lowest BCUT2D eigenvalue weighted by Crippen LogP contribution is -2.40. The van der Waals surface area contributed by atoms with E-state index in [1.807, 2.05) is 31.2 Å². The normalized spacial score (nSPS) is 23.3. The van der Waals surface area contributed by atoms with Crippen molar-refractivity contribution >= 4 is 11.7 Å². The van der Waals surface area contributed by atoms with Gasteiger partial charge in [-0.05, 0) is 24.8 Å². The van der Waals surface area contributed by atoms with Crippen LogP contribution in [0.1, 0.15) is 51.5 Å². The number of allylic oxidation sites excluding steroid dienone is 2. The lowest BCUT2D eigenvalue weighted by Gasteiger charge is -2.38. The van der Waals surface area contributed by atoms with Crippen molar-refractivity contribution in [3.8, 4) is 5.75 Å². The van der Waals surface area contributed by atoms with E-state index in [0.29, 0.717) is 19.4 Å². The molecule has 1 atom stereocenters. The van der Waals surface area contributed by atoms with Crippen LogP contribution >= 0.6 is 0 Å². The Kier molecular flexibility index (Phi) is 4.00. The lowest BCUT2D eigenvalue weighted by atomic mass is 9.70. The maximum absolute atomic E-state index is 12.8. The zero-order valence-corrected chi connectivity index (χ0v) is 13.9. The third-order valence-corrected chi connectivity index (χ3v) is 4.54. The van der Waals surface area contributed by atoms with Crippen molar-refractivity contribution in [1.29, 1.82) is 0 Å². The number of hydrogen-bond acceptors (Lipinski definition) is 3. The summed E-state index contributed by atoms with van der Waals surface area (Å²) in [5, 5.41) is 2.93. The smallest absolute Gasteiger partial charge is 0.225 e. The molecule has 1 aliphatic heterocycles. The van der Waals surface area contributed by atoms with E-state index in [1.54, 1.807) is 0 Å². The van der Waals surface area contributed by atoms with Crippen LogP contribution < -0.4 is 10.1 Å². The molecule has 0 spiro atoms. The summed E-state index contributed by atoms with van der Waals surface area (Å²) in [6, 6.07) is 7.72. The molecular formula is C19H23NO3. The van der Waals surface area contributed by atoms with Crippen LogP contribution in [0.4, 0.5) is 0 Å². The predicted molar refractivity (Wildman–Crippen MR) is 88.2 cm³/mol. The second-order valence-electron chi connectivity index (χ2n) is 7.11. The standard InChI is InChI=1S/C19H23NO3/c1-4-23-16-8-6-5-7-12(16)13-9-17(22)20-14-10-19(2,3)11-15(21)18(13)14/h5-8,13H,4,9-11H2,1-3H3,(H,20,22)/t13-/m1/s1. The SMILES string of the molecule is CCOc1ccccc1[C@H]1CC(=O)NC2=C1C(=O)CC(C)(C)C2. The Morgan fingerprint density at radius 3 is 2.70 bits per heavy atom. The molecule has 1 N–H and O–H groups in total. The van der Waals surface area contributed by atoms with Gasteiger partial charge in [-0.1, -0.05) is 32.0 Å². The molecule has 1 aromatic carbocycles. The van der Waals surface area contributed by atoms with Crippen LogP contribution in [0, 0.1) is 5.41 Å². The van der Waals surface area contributed by atoms with Gasteiger partial charge in [0, 0.05) is 35.6 Å². The molecule has 1 aliphatic carbocycles. The van der Waals surface area contributed by atoms with Crippen LogP contribution in [0.2, 0.25) is 0 Å². The van der Waals surface area contributed by atoms with Gasteiger partial charge < -0.3 is 10.1 Å². The monoisotopic (exact) mass is 313 g/mol. The summed E-state index contributed by atoms with van der Waals surface area (Å²) in [6.45, 7) is 6.63. The zero-order valence-electron chi connectivity index (χ0n) is 13.9. The summed E-state index contributed by atoms with van der Waals surface area (Å²) in [7, 11) is 0. The number of amides is 1. The number of rotatable bonds is 3. The highest BCUT2D eigenvalue weighted by Crippen LogP contribution is 2.45. The van der Waals surface area contributed by atoms with Crippen molar-refractivity contribution < 1.29 is 14.3 Å². The first-order chi connectivity index (χ1) is 10.9. The van der Waals surface area contributed by atoms with E-state index in [-0.39, 0.29) is 23.0 Å². The van der Waals surface area contributed by atoms with Gasteiger partial charge in [-0.15, -0.1) is 0 Å². The first-order valence-electron chi connectivity index (χ1n) is 8.19. The van der Waals surface area contributed by atoms with Gasteiger partial charge in [0.05, 0.1) is 6.61 Å². The minimum atomic E-state index is -0.204. The fourth-order valence-corrected chi connectivity index (χ4v) is 3.68. The van der Waals surface area contributed by atoms with Crippen LogP contribution in [0.15, 0.2) is 35.5 Å². The molecule has 1 aromatic rings. The molecule has 122 valence electrons. The zero-order chi connectivity index (χ0) is 16.6. The molecule has 1 heterocycles.